The van der Waals surface area contributed by atoms with Gasteiger partial charge in [-0.05, 0) is 166 Å². The average Bonchev–Trinajstić information content (AvgIpc) is 3.99. The van der Waals surface area contributed by atoms with E-state index in [9.17, 15) is 15.3 Å². The van der Waals surface area contributed by atoms with Gasteiger partial charge < -0.3 is 43.6 Å². The van der Waals surface area contributed by atoms with E-state index >= 15 is 14.4 Å². The molecule has 13 nitrogen and oxygen atoms in total. The van der Waals surface area contributed by atoms with E-state index in [4.69, 9.17) is 23.4 Å². The normalized spacial score (nSPS) is 53.3. The summed E-state index contributed by atoms with van der Waals surface area (Å²) in [7, 11) is 0. The van der Waals surface area contributed by atoms with Crippen LogP contribution in [0.4, 0.5) is 0 Å². The second kappa shape index (κ2) is 14.5. The SMILES string of the molecule is C[C@@]12C[C@@H]3C[C@]45[C@@H](CCC46CCCC6)CC4=CC[C@]6(C)O[C@]47[C@H]5C(=O)OC[C@]74[C@@H]3[C@@](C3CCCCC3)([C@H](O)C(=O)[C@@H]46)[C@]13O[C@@H]3C(=O)O[C@H]2c1ccoc1C[C@@H]([C@H]1CC[C@H]2[C@H](C=CN3CNC[C@@H]23)C1)[C@H](O)CO. The van der Waals surface area contributed by atoms with Crippen LogP contribution in [0.2, 0.25) is 0 Å². The van der Waals surface area contributed by atoms with Crippen LogP contribution in [0.25, 0.3) is 0 Å². The summed E-state index contributed by atoms with van der Waals surface area (Å²) in [4.78, 5) is 49.7. The number of hydrogen-bond acceptors (Lipinski definition) is 13. The Bertz CT molecular complexity index is 2600. The molecule has 8 saturated carbocycles. The standard InChI is InChI=1S/C59H76N2O11/c1-52-25-33-26-55-35(13-19-54(55)16-6-7-17-54)23-36-12-18-53(2)45-43(64)47(65)57(34-8-4-3-5-9-34,44(33)56(45)29-69-50(66)46(55)58(36,56)72-53)59(52)49(71-59)51(67)70-48(52)38-15-21-68-42(38)24-39(41(63)28-62)31-10-11-37-32(22-31)14-20-61-30-60-27-40(37)61/h12,14-15,20-21,31-35,37,39-41,44-49,60,62-63,65H,3-11,13,16-19,22-30H2,1-2H3/t31-,32+,33+,35-,37-,39-,40-,41+,44+,45+,46-,47+,48-,49+,52-,53-,55+,56+,57-,58-,59+/m0/s1. The molecule has 15 aliphatic rings. The van der Waals surface area contributed by atoms with Gasteiger partial charge in [-0.25, -0.2) is 4.79 Å². The molecule has 0 amide bonds. The zero-order chi connectivity index (χ0) is 48.7. The molecule has 4 N–H and O–H groups in total. The highest BCUT2D eigenvalue weighted by molar-refractivity contribution is 5.94. The maximum absolute atomic E-state index is 16.5. The van der Waals surface area contributed by atoms with Crippen LogP contribution in [-0.4, -0.2) is 106 Å². The van der Waals surface area contributed by atoms with Crippen LogP contribution in [0.3, 0.4) is 0 Å². The number of cyclic esters (lactones) is 2. The van der Waals surface area contributed by atoms with Gasteiger partial charge in [-0.15, -0.1) is 0 Å². The van der Waals surface area contributed by atoms with Crippen molar-refractivity contribution in [3.8, 4) is 0 Å². The van der Waals surface area contributed by atoms with E-state index in [0.29, 0.717) is 42.9 Å². The lowest BCUT2D eigenvalue weighted by Crippen LogP contribution is -2.82. The number of hydrogen-bond donors (Lipinski definition) is 4. The Labute approximate surface area is 422 Å². The Morgan fingerprint density at radius 1 is 0.917 bits per heavy atom. The molecule has 8 aliphatic carbocycles. The highest BCUT2D eigenvalue weighted by atomic mass is 16.7. The first kappa shape index (κ1) is 45.2. The third-order valence-electron chi connectivity index (χ3n) is 25.9. The number of nitrogens with one attached hydrogen (secondary N) is 1. The lowest BCUT2D eigenvalue weighted by atomic mass is 9.30. The van der Waals surface area contributed by atoms with E-state index in [1.165, 1.54) is 5.57 Å². The van der Waals surface area contributed by atoms with Crippen molar-refractivity contribution in [3.05, 3.63) is 47.6 Å². The minimum atomic E-state index is -1.44. The lowest BCUT2D eigenvalue weighted by molar-refractivity contribution is -0.300. The third kappa shape index (κ3) is 4.77. The molecular formula is C59H76N2O11. The number of furan rings is 1. The predicted octanol–water partition coefficient (Wildman–Crippen LogP) is 6.87. The first-order chi connectivity index (χ1) is 34.8. The molecule has 72 heavy (non-hydrogen) atoms. The zero-order valence-corrected chi connectivity index (χ0v) is 42.4. The van der Waals surface area contributed by atoms with E-state index in [1.807, 2.05) is 6.07 Å². The molecule has 0 aromatic carbocycles. The number of fused-ring (bicyclic) bond motifs is 5. The molecule has 0 unspecified atom stereocenters. The molecule has 8 heterocycles. The van der Waals surface area contributed by atoms with Crippen molar-refractivity contribution < 1.29 is 53.1 Å². The van der Waals surface area contributed by atoms with E-state index in [0.717, 1.165) is 122 Å². The van der Waals surface area contributed by atoms with Gasteiger partial charge in [0.15, 0.2) is 11.9 Å². The molecule has 13 heteroatoms. The summed E-state index contributed by atoms with van der Waals surface area (Å²) in [5.74, 6) is -1.00. The van der Waals surface area contributed by atoms with E-state index in [1.54, 1.807) is 6.26 Å². The molecule has 388 valence electrons. The third-order valence-corrected chi connectivity index (χ3v) is 25.9. The van der Waals surface area contributed by atoms with Crippen LogP contribution >= 0.6 is 0 Å². The molecule has 5 spiro atoms. The summed E-state index contributed by atoms with van der Waals surface area (Å²) in [5, 5.41) is 40.1. The minimum absolute atomic E-state index is 0.0714. The monoisotopic (exact) mass is 989 g/mol. The van der Waals surface area contributed by atoms with E-state index < -0.39 is 80.7 Å². The topological polar surface area (TPSA) is 181 Å². The van der Waals surface area contributed by atoms with Gasteiger partial charge in [-0.1, -0.05) is 51.2 Å². The van der Waals surface area contributed by atoms with Gasteiger partial charge in [-0.3, -0.25) is 14.9 Å². The minimum Gasteiger partial charge on any atom is -0.469 e. The second-order valence-electron chi connectivity index (χ2n) is 27.6. The fourth-order valence-corrected chi connectivity index (χ4v) is 24.1. The maximum atomic E-state index is 16.5. The predicted molar refractivity (Wildman–Crippen MR) is 258 cm³/mol. The first-order valence-electron chi connectivity index (χ1n) is 29.0. The number of carbonyl (C=O) groups is 3. The number of rotatable bonds is 7. The molecule has 1 aromatic heterocycles. The Hall–Kier alpha value is -3.07. The van der Waals surface area contributed by atoms with Crippen LogP contribution in [0, 0.1) is 86.3 Å². The van der Waals surface area contributed by atoms with Gasteiger partial charge in [-0.2, -0.15) is 0 Å². The van der Waals surface area contributed by atoms with Crippen LogP contribution in [0.1, 0.15) is 147 Å². The Balaban J connectivity index is 0.883. The van der Waals surface area contributed by atoms with Crippen LogP contribution in [0.5, 0.6) is 0 Å². The van der Waals surface area contributed by atoms with Crippen molar-refractivity contribution in [1.29, 1.82) is 0 Å². The second-order valence-corrected chi connectivity index (χ2v) is 27.6. The summed E-state index contributed by atoms with van der Waals surface area (Å²) in [6.07, 6.45) is 21.7. The fraction of sp³-hybridized carbons (Fsp3) is 0.814. The smallest absolute Gasteiger partial charge is 0.339 e. The largest absolute Gasteiger partial charge is 0.469 e. The fourth-order valence-electron chi connectivity index (χ4n) is 24.1. The Morgan fingerprint density at radius 2 is 1.75 bits per heavy atom. The van der Waals surface area contributed by atoms with Gasteiger partial charge in [0, 0.05) is 35.4 Å². The van der Waals surface area contributed by atoms with Gasteiger partial charge in [0.05, 0.1) is 48.5 Å². The number of allylic oxidation sites excluding steroid dienone is 1. The van der Waals surface area contributed by atoms with E-state index in [-0.39, 0.29) is 65.9 Å². The number of Topliss-reactive ketones (excluding diaryl/α,β-unsaturated/α-hetero) is 1. The van der Waals surface area contributed by atoms with Gasteiger partial charge >= 0.3 is 11.9 Å². The van der Waals surface area contributed by atoms with Gasteiger partial charge in [0.25, 0.3) is 0 Å². The highest BCUT2D eigenvalue weighted by Crippen LogP contribution is 2.91. The molecule has 1 aromatic rings. The van der Waals surface area contributed by atoms with Crippen LogP contribution in [0.15, 0.2) is 40.7 Å². The number of esters is 2. The van der Waals surface area contributed by atoms with E-state index in [2.05, 4.69) is 42.4 Å². The van der Waals surface area contributed by atoms with Gasteiger partial charge in [0.1, 0.15) is 35.8 Å². The number of ketones is 1. The summed E-state index contributed by atoms with van der Waals surface area (Å²) < 4.78 is 35.7. The molecule has 21 atom stereocenters. The van der Waals surface area contributed by atoms with Crippen LogP contribution in [-0.2, 0) is 39.8 Å². The maximum Gasteiger partial charge on any atom is 0.339 e. The molecule has 16 rings (SSSR count). The number of epoxide rings is 1. The van der Waals surface area contributed by atoms with Crippen molar-refractivity contribution in [2.75, 3.05) is 26.4 Å². The van der Waals surface area contributed by atoms with Crippen molar-refractivity contribution in [2.24, 2.45) is 86.3 Å². The van der Waals surface area contributed by atoms with Crippen molar-refractivity contribution >= 4 is 17.7 Å². The quantitative estimate of drug-likeness (QED) is 0.127. The summed E-state index contributed by atoms with van der Waals surface area (Å²) in [6, 6.07) is 2.43. The highest BCUT2D eigenvalue weighted by Gasteiger charge is 2.98. The van der Waals surface area contributed by atoms with Crippen molar-refractivity contribution in [1.82, 2.24) is 10.2 Å². The lowest BCUT2D eigenvalue weighted by Gasteiger charge is -2.72. The molecular weight excluding hydrogens is 913 g/mol. The number of carbonyl (C=O) groups excluding carboxylic acids is 3. The number of ether oxygens (including phenoxy) is 4. The molecule has 0 radical (unpaired) electrons. The first-order valence-corrected chi connectivity index (χ1v) is 29.0. The summed E-state index contributed by atoms with van der Waals surface area (Å²) in [6.45, 7) is 5.93. The van der Waals surface area contributed by atoms with Crippen LogP contribution < -0.4 is 5.32 Å². The summed E-state index contributed by atoms with van der Waals surface area (Å²) >= 11 is 0. The number of aliphatic hydroxyl groups is 3. The molecule has 7 aliphatic heterocycles. The molecule has 13 fully saturated rings. The summed E-state index contributed by atoms with van der Waals surface area (Å²) in [5.41, 5.74) is -4.96. The number of aliphatic hydroxyl groups excluding tert-OH is 3. The number of nitrogens with zero attached hydrogens (tertiary/aromatic N) is 1. The van der Waals surface area contributed by atoms with Gasteiger partial charge in [0.2, 0.25) is 0 Å². The Kier molecular flexibility index (Phi) is 9.09. The zero-order valence-electron chi connectivity index (χ0n) is 42.4. The Morgan fingerprint density at radius 3 is 2.57 bits per heavy atom. The average molecular weight is 989 g/mol. The van der Waals surface area contributed by atoms with Crippen molar-refractivity contribution in [2.45, 2.75) is 183 Å². The van der Waals surface area contributed by atoms with Crippen molar-refractivity contribution in [3.63, 3.8) is 0 Å². The molecule has 5 bridgehead atoms. The molecule has 5 saturated heterocycles.